The smallest absolute Gasteiger partial charge is 0.143 e. The van der Waals surface area contributed by atoms with Gasteiger partial charge in [-0.3, -0.25) is 4.98 Å². The highest BCUT2D eigenvalue weighted by Gasteiger charge is 2.04. The Morgan fingerprint density at radius 1 is 1.00 bits per heavy atom. The summed E-state index contributed by atoms with van der Waals surface area (Å²) in [5.74, 6) is 0.755. The minimum Gasteiger partial charge on any atom is -0.489 e. The monoisotopic (exact) mass is 303 g/mol. The summed E-state index contributed by atoms with van der Waals surface area (Å²) in [7, 11) is 0. The number of hydrogen-bond acceptors (Lipinski definition) is 5. The van der Waals surface area contributed by atoms with E-state index in [0.29, 0.717) is 6.61 Å². The van der Waals surface area contributed by atoms with E-state index < -0.39 is 0 Å². The highest BCUT2D eigenvalue weighted by molar-refractivity contribution is 5.81. The van der Waals surface area contributed by atoms with Gasteiger partial charge in [-0.15, -0.1) is 5.10 Å². The molecule has 112 valence electrons. The molecule has 2 aromatic heterocycles. The van der Waals surface area contributed by atoms with Crippen LogP contribution in [0, 0.1) is 0 Å². The third-order valence-electron chi connectivity index (χ3n) is 3.54. The van der Waals surface area contributed by atoms with Crippen molar-refractivity contribution in [2.24, 2.45) is 0 Å². The number of hydrogen-bond donors (Lipinski definition) is 0. The minimum absolute atomic E-state index is 0.452. The second kappa shape index (κ2) is 5.84. The van der Waals surface area contributed by atoms with Gasteiger partial charge in [-0.05, 0) is 28.6 Å². The van der Waals surface area contributed by atoms with E-state index in [1.165, 1.54) is 0 Å². The number of rotatable bonds is 4. The number of fused-ring (bicyclic) bond motifs is 1. The average molecular weight is 303 g/mol. The molecule has 6 heteroatoms. The quantitative estimate of drug-likeness (QED) is 0.580. The van der Waals surface area contributed by atoms with E-state index in [0.717, 1.165) is 27.9 Å². The summed E-state index contributed by atoms with van der Waals surface area (Å²) in [6.45, 7) is 0.452. The van der Waals surface area contributed by atoms with E-state index >= 15 is 0 Å². The second-order valence-corrected chi connectivity index (χ2v) is 5.03. The van der Waals surface area contributed by atoms with E-state index in [4.69, 9.17) is 4.74 Å². The Labute approximate surface area is 132 Å². The van der Waals surface area contributed by atoms with Crippen LogP contribution in [0.2, 0.25) is 0 Å². The van der Waals surface area contributed by atoms with Crippen LogP contribution in [0.5, 0.6) is 5.75 Å². The standard InChI is InChI=1S/C17H13N5O/c1-4-13-6-3-9-18-17(13)14(5-1)11-23-16-8-2-7-15(10-16)22-12-19-20-21-22/h1-10,12H,11H2. The van der Waals surface area contributed by atoms with Gasteiger partial charge in [0.25, 0.3) is 0 Å². The maximum Gasteiger partial charge on any atom is 0.143 e. The fourth-order valence-electron chi connectivity index (χ4n) is 2.44. The normalized spacial score (nSPS) is 10.8. The highest BCUT2D eigenvalue weighted by Crippen LogP contribution is 2.20. The van der Waals surface area contributed by atoms with Crippen LogP contribution in [0.4, 0.5) is 0 Å². The van der Waals surface area contributed by atoms with Crippen LogP contribution in [0.3, 0.4) is 0 Å². The van der Waals surface area contributed by atoms with Gasteiger partial charge in [0.2, 0.25) is 0 Å². The molecule has 4 aromatic rings. The van der Waals surface area contributed by atoms with E-state index in [2.05, 4.69) is 20.5 Å². The van der Waals surface area contributed by atoms with Crippen LogP contribution in [0.25, 0.3) is 16.6 Å². The summed E-state index contributed by atoms with van der Waals surface area (Å²) in [6.07, 6.45) is 3.35. The van der Waals surface area contributed by atoms with Gasteiger partial charge in [0, 0.05) is 23.2 Å². The molecule has 0 radical (unpaired) electrons. The first-order valence-electron chi connectivity index (χ1n) is 7.19. The van der Waals surface area contributed by atoms with Crippen molar-refractivity contribution in [2.45, 2.75) is 6.61 Å². The SMILES string of the molecule is c1cc(OCc2cccc3cccnc23)cc(-n2cnnn2)c1. The molecule has 0 unspecified atom stereocenters. The number of para-hydroxylation sites is 1. The van der Waals surface area contributed by atoms with Crippen LogP contribution in [0.1, 0.15) is 5.56 Å². The molecule has 0 amide bonds. The summed E-state index contributed by atoms with van der Waals surface area (Å²) in [4.78, 5) is 4.44. The number of ether oxygens (including phenoxy) is 1. The molecule has 6 nitrogen and oxygen atoms in total. The first-order valence-corrected chi connectivity index (χ1v) is 7.19. The van der Waals surface area contributed by atoms with Crippen LogP contribution >= 0.6 is 0 Å². The van der Waals surface area contributed by atoms with Crippen molar-refractivity contribution in [3.63, 3.8) is 0 Å². The number of nitrogens with zero attached hydrogens (tertiary/aromatic N) is 5. The molecule has 2 heterocycles. The molecule has 4 rings (SSSR count). The fraction of sp³-hybridized carbons (Fsp3) is 0.0588. The lowest BCUT2D eigenvalue weighted by Crippen LogP contribution is -1.99. The van der Waals surface area contributed by atoms with Gasteiger partial charge in [0.1, 0.15) is 18.7 Å². The maximum absolute atomic E-state index is 5.92. The molecule has 0 fully saturated rings. The molecule has 0 atom stereocenters. The van der Waals surface area contributed by atoms with Crippen molar-refractivity contribution in [3.8, 4) is 11.4 Å². The van der Waals surface area contributed by atoms with Crippen LogP contribution in [-0.2, 0) is 6.61 Å². The molecular weight excluding hydrogens is 290 g/mol. The Kier molecular flexibility index (Phi) is 3.40. The molecule has 0 aliphatic rings. The fourth-order valence-corrected chi connectivity index (χ4v) is 2.44. The third-order valence-corrected chi connectivity index (χ3v) is 3.54. The molecule has 0 spiro atoms. The van der Waals surface area contributed by atoms with Crippen molar-refractivity contribution < 1.29 is 4.74 Å². The summed E-state index contributed by atoms with van der Waals surface area (Å²) >= 11 is 0. The number of benzene rings is 2. The van der Waals surface area contributed by atoms with Crippen LogP contribution in [-0.4, -0.2) is 25.2 Å². The minimum atomic E-state index is 0.452. The molecule has 0 N–H and O–H groups in total. The average Bonchev–Trinajstić information content (AvgIpc) is 3.15. The summed E-state index contributed by atoms with van der Waals surface area (Å²) < 4.78 is 7.51. The third kappa shape index (κ3) is 2.74. The Hall–Kier alpha value is -3.28. The van der Waals surface area contributed by atoms with Crippen molar-refractivity contribution in [3.05, 3.63) is 72.7 Å². The largest absolute Gasteiger partial charge is 0.489 e. The van der Waals surface area contributed by atoms with Crippen LogP contribution in [0.15, 0.2) is 67.1 Å². The van der Waals surface area contributed by atoms with E-state index in [-0.39, 0.29) is 0 Å². The lowest BCUT2D eigenvalue weighted by Gasteiger charge is -2.09. The Morgan fingerprint density at radius 3 is 2.83 bits per heavy atom. The predicted octanol–water partition coefficient (Wildman–Crippen LogP) is 2.79. The molecule has 0 saturated heterocycles. The van der Waals surface area contributed by atoms with Gasteiger partial charge in [0.15, 0.2) is 0 Å². The number of aromatic nitrogens is 5. The zero-order valence-corrected chi connectivity index (χ0v) is 12.2. The van der Waals surface area contributed by atoms with Crippen molar-refractivity contribution in [1.29, 1.82) is 0 Å². The van der Waals surface area contributed by atoms with Crippen molar-refractivity contribution in [1.82, 2.24) is 25.2 Å². The molecule has 23 heavy (non-hydrogen) atoms. The van der Waals surface area contributed by atoms with Gasteiger partial charge in [-0.2, -0.15) is 0 Å². The summed E-state index contributed by atoms with van der Waals surface area (Å²) in [5, 5.41) is 12.3. The number of tetrazole rings is 1. The van der Waals surface area contributed by atoms with Gasteiger partial charge in [-0.25, -0.2) is 4.68 Å². The molecule has 0 aliphatic carbocycles. The molecule has 2 aromatic carbocycles. The van der Waals surface area contributed by atoms with E-state index in [1.54, 1.807) is 17.2 Å². The first-order chi connectivity index (χ1) is 11.4. The van der Waals surface area contributed by atoms with Gasteiger partial charge >= 0.3 is 0 Å². The highest BCUT2D eigenvalue weighted by atomic mass is 16.5. The second-order valence-electron chi connectivity index (χ2n) is 5.03. The number of pyridine rings is 1. The predicted molar refractivity (Wildman–Crippen MR) is 85.2 cm³/mol. The Bertz CT molecular complexity index is 931. The summed E-state index contributed by atoms with van der Waals surface area (Å²) in [6, 6.07) is 17.7. The molecule has 0 aliphatic heterocycles. The Balaban J connectivity index is 1.58. The molecule has 0 bridgehead atoms. The topological polar surface area (TPSA) is 65.7 Å². The lowest BCUT2D eigenvalue weighted by atomic mass is 10.1. The zero-order valence-electron chi connectivity index (χ0n) is 12.2. The molecular formula is C17H13N5O. The zero-order chi connectivity index (χ0) is 15.5. The lowest BCUT2D eigenvalue weighted by molar-refractivity contribution is 0.307. The first kappa shape index (κ1) is 13.4. The van der Waals surface area contributed by atoms with Crippen LogP contribution < -0.4 is 4.74 Å². The van der Waals surface area contributed by atoms with Gasteiger partial charge in [-0.1, -0.05) is 30.3 Å². The van der Waals surface area contributed by atoms with Gasteiger partial charge in [0.05, 0.1) is 11.2 Å². The molecule has 0 saturated carbocycles. The summed E-state index contributed by atoms with van der Waals surface area (Å²) in [5.41, 5.74) is 2.87. The van der Waals surface area contributed by atoms with E-state index in [1.807, 2.05) is 54.6 Å². The van der Waals surface area contributed by atoms with Gasteiger partial charge < -0.3 is 4.74 Å². The maximum atomic E-state index is 5.92. The van der Waals surface area contributed by atoms with Crippen molar-refractivity contribution >= 4 is 10.9 Å². The van der Waals surface area contributed by atoms with Crippen molar-refractivity contribution in [2.75, 3.05) is 0 Å². The van der Waals surface area contributed by atoms with E-state index in [9.17, 15) is 0 Å². The Morgan fingerprint density at radius 2 is 1.91 bits per heavy atom.